The summed E-state index contributed by atoms with van der Waals surface area (Å²) in [6, 6.07) is 76.8. The van der Waals surface area contributed by atoms with Crippen molar-refractivity contribution in [1.82, 2.24) is 13.5 Å². The minimum Gasteiger partial charge on any atom is -0.310 e. The molecular formula is C62H39N3. The smallest absolute Gasteiger partial charge is 0.0620 e. The molecule has 1 unspecified atom stereocenters. The number of benzene rings is 10. The second-order valence-electron chi connectivity index (χ2n) is 18.1. The number of hydrogen-bond donors (Lipinski definition) is 0. The van der Waals surface area contributed by atoms with Crippen LogP contribution in [0.3, 0.4) is 0 Å². The first-order chi connectivity index (χ1) is 32.2. The van der Waals surface area contributed by atoms with Crippen LogP contribution >= 0.6 is 0 Å². The molecule has 0 bridgehead atoms. The van der Waals surface area contributed by atoms with Crippen molar-refractivity contribution >= 4 is 98.4 Å². The SMILES string of the molecule is C1=CC(c2ccc3cc4c5cccc6c7cc8ccc(-c9ccc%10c(c9)c9ccccc9n%10-c9ccccc9)cc8cc7n(c4cc3c2)c65)Cc2c1n(-c1ccccc1)c1ccccc21. The Morgan fingerprint density at radius 3 is 1.65 bits per heavy atom. The van der Waals surface area contributed by atoms with Gasteiger partial charge in [-0.25, -0.2) is 0 Å². The Labute approximate surface area is 374 Å². The normalized spacial score (nSPS) is 14.2. The van der Waals surface area contributed by atoms with Gasteiger partial charge >= 0.3 is 0 Å². The maximum absolute atomic E-state index is 2.54. The summed E-state index contributed by atoms with van der Waals surface area (Å²) in [6.45, 7) is 0. The minimum atomic E-state index is 0.287. The van der Waals surface area contributed by atoms with E-state index in [1.807, 2.05) is 0 Å². The van der Waals surface area contributed by atoms with E-state index in [0.717, 1.165) is 6.42 Å². The van der Waals surface area contributed by atoms with Crippen molar-refractivity contribution in [3.8, 4) is 22.5 Å². The Morgan fingerprint density at radius 2 is 0.908 bits per heavy atom. The summed E-state index contributed by atoms with van der Waals surface area (Å²) in [7, 11) is 0. The highest BCUT2D eigenvalue weighted by atomic mass is 15.0. The van der Waals surface area contributed by atoms with Crippen molar-refractivity contribution in [3.63, 3.8) is 0 Å². The number of aromatic nitrogens is 3. The third-order valence-corrected chi connectivity index (χ3v) is 14.6. The number of rotatable bonds is 4. The molecule has 65 heavy (non-hydrogen) atoms. The van der Waals surface area contributed by atoms with Gasteiger partial charge in [0.25, 0.3) is 0 Å². The second kappa shape index (κ2) is 13.1. The van der Waals surface area contributed by atoms with Crippen LogP contribution < -0.4 is 0 Å². The monoisotopic (exact) mass is 825 g/mol. The molecule has 1 atom stereocenters. The van der Waals surface area contributed by atoms with Gasteiger partial charge in [-0.3, -0.25) is 0 Å². The number of para-hydroxylation sites is 5. The molecule has 0 N–H and O–H groups in total. The first-order valence-corrected chi connectivity index (χ1v) is 22.8. The first kappa shape index (κ1) is 35.1. The Kier molecular flexibility index (Phi) is 7.06. The van der Waals surface area contributed by atoms with E-state index in [1.165, 1.54) is 132 Å². The largest absolute Gasteiger partial charge is 0.310 e. The summed E-state index contributed by atoms with van der Waals surface area (Å²) in [6.07, 6.45) is 5.76. The van der Waals surface area contributed by atoms with E-state index in [1.54, 1.807) is 0 Å². The van der Waals surface area contributed by atoms with Gasteiger partial charge in [-0.05, 0) is 135 Å². The Hall–Kier alpha value is -8.40. The lowest BCUT2D eigenvalue weighted by Gasteiger charge is -2.20. The summed E-state index contributed by atoms with van der Waals surface area (Å²) in [5, 5.41) is 14.2. The van der Waals surface area contributed by atoms with Crippen molar-refractivity contribution in [2.24, 2.45) is 0 Å². The molecular weight excluding hydrogens is 787 g/mol. The van der Waals surface area contributed by atoms with Crippen molar-refractivity contribution in [2.45, 2.75) is 12.3 Å². The van der Waals surface area contributed by atoms with Gasteiger partial charge in [0, 0.05) is 60.7 Å². The molecule has 1 aliphatic rings. The molecule has 0 spiro atoms. The summed E-state index contributed by atoms with van der Waals surface area (Å²) < 4.78 is 7.36. The fourth-order valence-electron chi connectivity index (χ4n) is 11.7. The lowest BCUT2D eigenvalue weighted by Crippen LogP contribution is -2.07. The fraction of sp³-hybridized carbons (Fsp3) is 0.0323. The van der Waals surface area contributed by atoms with E-state index in [0.29, 0.717) is 0 Å². The van der Waals surface area contributed by atoms with E-state index in [9.17, 15) is 0 Å². The van der Waals surface area contributed by atoms with Crippen molar-refractivity contribution in [1.29, 1.82) is 0 Å². The lowest BCUT2D eigenvalue weighted by molar-refractivity contribution is 0.826. The fourth-order valence-corrected chi connectivity index (χ4v) is 11.7. The average Bonchev–Trinajstić information content (AvgIpc) is 4.09. The molecule has 0 fully saturated rings. The molecule has 0 amide bonds. The van der Waals surface area contributed by atoms with Gasteiger partial charge in [-0.2, -0.15) is 0 Å². The van der Waals surface area contributed by atoms with Gasteiger partial charge in [0.15, 0.2) is 0 Å². The summed E-state index contributed by atoms with van der Waals surface area (Å²) in [4.78, 5) is 0. The molecule has 3 heteroatoms. The zero-order valence-corrected chi connectivity index (χ0v) is 35.4. The molecule has 10 aromatic carbocycles. The van der Waals surface area contributed by atoms with Crippen LogP contribution in [0.1, 0.15) is 22.7 Å². The highest BCUT2D eigenvalue weighted by Crippen LogP contribution is 2.44. The summed E-state index contributed by atoms with van der Waals surface area (Å²) in [5.74, 6) is 0.287. The van der Waals surface area contributed by atoms with Crippen LogP contribution in [0.25, 0.3) is 121 Å². The van der Waals surface area contributed by atoms with Crippen LogP contribution in [-0.2, 0) is 6.42 Å². The lowest BCUT2D eigenvalue weighted by atomic mass is 9.86. The Balaban J connectivity index is 0.862. The van der Waals surface area contributed by atoms with Gasteiger partial charge in [-0.1, -0.05) is 133 Å². The highest BCUT2D eigenvalue weighted by Gasteiger charge is 2.25. The van der Waals surface area contributed by atoms with Gasteiger partial charge in [-0.15, -0.1) is 0 Å². The van der Waals surface area contributed by atoms with Crippen molar-refractivity contribution in [3.05, 3.63) is 229 Å². The van der Waals surface area contributed by atoms with Crippen molar-refractivity contribution < 1.29 is 0 Å². The third-order valence-electron chi connectivity index (χ3n) is 14.6. The predicted octanol–water partition coefficient (Wildman–Crippen LogP) is 16.2. The average molecular weight is 826 g/mol. The predicted molar refractivity (Wildman–Crippen MR) is 275 cm³/mol. The van der Waals surface area contributed by atoms with Crippen molar-refractivity contribution in [2.75, 3.05) is 0 Å². The second-order valence-corrected chi connectivity index (χ2v) is 18.1. The first-order valence-electron chi connectivity index (χ1n) is 22.8. The molecule has 302 valence electrons. The van der Waals surface area contributed by atoms with Crippen LogP contribution in [0.5, 0.6) is 0 Å². The maximum atomic E-state index is 2.54. The zero-order valence-electron chi connectivity index (χ0n) is 35.4. The Morgan fingerprint density at radius 1 is 0.354 bits per heavy atom. The molecule has 0 radical (unpaired) electrons. The zero-order chi connectivity index (χ0) is 42.3. The highest BCUT2D eigenvalue weighted by molar-refractivity contribution is 6.26. The maximum Gasteiger partial charge on any atom is 0.0620 e. The molecule has 0 aliphatic heterocycles. The number of hydrogen-bond acceptors (Lipinski definition) is 0. The number of nitrogens with zero attached hydrogens (tertiary/aromatic N) is 3. The quantitative estimate of drug-likeness (QED) is 0.168. The van der Waals surface area contributed by atoms with E-state index < -0.39 is 0 Å². The van der Waals surface area contributed by atoms with Gasteiger partial charge in [0.1, 0.15) is 0 Å². The van der Waals surface area contributed by atoms with E-state index in [4.69, 9.17) is 0 Å². The van der Waals surface area contributed by atoms with Crippen LogP contribution in [0.4, 0.5) is 0 Å². The molecule has 15 rings (SSSR count). The van der Waals surface area contributed by atoms with E-state index in [-0.39, 0.29) is 5.92 Å². The van der Waals surface area contributed by atoms with Gasteiger partial charge in [0.2, 0.25) is 0 Å². The van der Waals surface area contributed by atoms with E-state index in [2.05, 4.69) is 232 Å². The molecule has 0 saturated heterocycles. The molecule has 14 aromatic rings. The number of allylic oxidation sites excluding steroid dienone is 1. The van der Waals surface area contributed by atoms with Crippen LogP contribution in [0, 0.1) is 0 Å². The standard InChI is InChI=1S/C62H39N3/c1-3-12-46(13-4-1)63-56-20-9-7-16-48(56)52-32-40(26-28-58(52)63)38-22-24-42-34-54-50-18-11-19-51-55-35-43-25-23-39(31-45(43)37-61(55)65(62(50)51)60(54)36-44(42)30-38)41-27-29-59-53(33-41)49-17-8-10-21-57(49)64(59)47-14-5-2-6-15-47/h1-32,34-37,41H,33H2. The third kappa shape index (κ3) is 4.95. The minimum absolute atomic E-state index is 0.287. The summed E-state index contributed by atoms with van der Waals surface area (Å²) >= 11 is 0. The van der Waals surface area contributed by atoms with Gasteiger partial charge < -0.3 is 13.5 Å². The molecule has 3 nitrogen and oxygen atoms in total. The molecule has 1 aliphatic carbocycles. The number of fused-ring (bicyclic) bond motifs is 14. The van der Waals surface area contributed by atoms with Gasteiger partial charge in [0.05, 0.1) is 33.1 Å². The topological polar surface area (TPSA) is 14.3 Å². The molecule has 4 aromatic heterocycles. The van der Waals surface area contributed by atoms with Crippen LogP contribution in [0.2, 0.25) is 0 Å². The van der Waals surface area contributed by atoms with Crippen LogP contribution in [-0.4, -0.2) is 13.5 Å². The molecule has 0 saturated carbocycles. The molecule has 4 heterocycles. The van der Waals surface area contributed by atoms with Crippen LogP contribution in [0.15, 0.2) is 212 Å². The Bertz CT molecular complexity index is 4310. The summed E-state index contributed by atoms with van der Waals surface area (Å²) in [5.41, 5.74) is 16.4. The van der Waals surface area contributed by atoms with E-state index >= 15 is 0 Å².